The summed E-state index contributed by atoms with van der Waals surface area (Å²) in [6, 6.07) is 0. The molecule has 0 aromatic rings. The Labute approximate surface area is 210 Å². The minimum absolute atomic E-state index is 0.00320. The zero-order chi connectivity index (χ0) is 28.1. The van der Waals surface area contributed by atoms with E-state index < -0.39 is 60.1 Å². The Kier molecular flexibility index (Phi) is 13.3. The Morgan fingerprint density at radius 3 is 0.861 bits per heavy atom. The molecule has 1 saturated carbocycles. The van der Waals surface area contributed by atoms with Gasteiger partial charge in [-0.05, 0) is 17.8 Å². The van der Waals surface area contributed by atoms with E-state index in [0.29, 0.717) is 0 Å². The molecule has 0 amide bonds. The molecule has 15 nitrogen and oxygen atoms in total. The minimum atomic E-state index is -5.44. The Hall–Kier alpha value is 0.210. The van der Waals surface area contributed by atoms with Gasteiger partial charge in [-0.15, -0.1) is 0 Å². The summed E-state index contributed by atoms with van der Waals surface area (Å²) in [4.78, 5) is 57.3. The zero-order valence-corrected chi connectivity index (χ0v) is 23.7. The van der Waals surface area contributed by atoms with E-state index in [9.17, 15) is 43.1 Å². The molecule has 0 bridgehead atoms. The molecule has 1 aliphatic carbocycles. The fourth-order valence-electron chi connectivity index (χ4n) is 3.44. The van der Waals surface area contributed by atoms with Crippen molar-refractivity contribution in [2.45, 2.75) is 78.2 Å². The average Bonchev–Trinajstić information content (AvgIpc) is 2.63. The van der Waals surface area contributed by atoms with Gasteiger partial charge in [-0.25, -0.2) is 13.7 Å². The molecule has 0 radical (unpaired) electrons. The van der Waals surface area contributed by atoms with Crippen molar-refractivity contribution in [3.05, 3.63) is 0 Å². The normalized spacial score (nSPS) is 28.4. The molecule has 0 aliphatic heterocycles. The molecule has 4 unspecified atom stereocenters. The summed E-state index contributed by atoms with van der Waals surface area (Å²) in [6.07, 6.45) is -10.4. The maximum absolute atomic E-state index is 11.9. The van der Waals surface area contributed by atoms with Crippen LogP contribution >= 0.6 is 23.5 Å². The van der Waals surface area contributed by atoms with Crippen molar-refractivity contribution < 1.29 is 70.8 Å². The third-order valence-electron chi connectivity index (χ3n) is 4.59. The van der Waals surface area contributed by atoms with E-state index >= 15 is 0 Å². The number of ether oxygens (including phenoxy) is 3. The van der Waals surface area contributed by atoms with Crippen LogP contribution in [0.5, 0.6) is 0 Å². The van der Waals surface area contributed by atoms with E-state index in [2.05, 4.69) is 0 Å². The van der Waals surface area contributed by atoms with Crippen molar-refractivity contribution in [3.63, 3.8) is 0 Å². The van der Waals surface area contributed by atoms with Crippen molar-refractivity contribution in [2.24, 2.45) is 17.8 Å². The van der Waals surface area contributed by atoms with Crippen LogP contribution in [0.25, 0.3) is 0 Å². The van der Waals surface area contributed by atoms with E-state index in [1.54, 1.807) is 27.7 Å². The Morgan fingerprint density at radius 2 is 0.667 bits per heavy atom. The quantitative estimate of drug-likeness (QED) is 0.149. The van der Waals surface area contributed by atoms with Crippen LogP contribution in [0.1, 0.15) is 41.5 Å². The van der Waals surface area contributed by atoms with Crippen LogP contribution in [-0.4, -0.2) is 85.8 Å². The maximum Gasteiger partial charge on any atom is 0.470 e. The molecule has 1 fully saturated rings. The largest absolute Gasteiger partial charge is 0.470 e. The highest BCUT2D eigenvalue weighted by Crippen LogP contribution is 2.51. The van der Waals surface area contributed by atoms with Gasteiger partial charge in [0.05, 0.1) is 0 Å². The number of rotatable bonds is 15. The molecule has 0 spiro atoms. The molecule has 1 aliphatic rings. The standard InChI is InChI=1S/C18H39O15P3/c1-10(2)7-28-13-14(29-8-11(3)4)16(31-34(19,20)21)18(33-36(25,26)27)17(32-35(22,23)24)15(13)30-9-12(5)6/h10-18H,7-9H2,1-6H3,(H2,19,20,21)(H2,22,23,24)(H2,25,26,27). The minimum Gasteiger partial charge on any atom is -0.372 e. The molecule has 36 heavy (non-hydrogen) atoms. The monoisotopic (exact) mass is 588 g/mol. The first-order valence-electron chi connectivity index (χ1n) is 11.3. The van der Waals surface area contributed by atoms with Gasteiger partial charge >= 0.3 is 23.5 Å². The van der Waals surface area contributed by atoms with Gasteiger partial charge in [0.15, 0.2) is 0 Å². The molecule has 0 aromatic heterocycles. The SMILES string of the molecule is CC(C)COC1C(OCC(C)C)C(OP(=O)(O)O)C(OP(=O)(O)O)C(OP(=O)(O)O)C1OCC(C)C. The van der Waals surface area contributed by atoms with E-state index in [4.69, 9.17) is 27.8 Å². The van der Waals surface area contributed by atoms with Crippen LogP contribution in [0.2, 0.25) is 0 Å². The van der Waals surface area contributed by atoms with Gasteiger partial charge < -0.3 is 43.6 Å². The predicted molar refractivity (Wildman–Crippen MR) is 124 cm³/mol. The first-order chi connectivity index (χ1) is 16.2. The lowest BCUT2D eigenvalue weighted by Gasteiger charge is -2.49. The third kappa shape index (κ3) is 12.8. The predicted octanol–water partition coefficient (Wildman–Crippen LogP) is 1.56. The summed E-state index contributed by atoms with van der Waals surface area (Å²) < 4.78 is 67.6. The highest BCUT2D eigenvalue weighted by Gasteiger charge is 2.59. The van der Waals surface area contributed by atoms with Crippen molar-refractivity contribution in [3.8, 4) is 0 Å². The van der Waals surface area contributed by atoms with Crippen LogP contribution in [0.3, 0.4) is 0 Å². The van der Waals surface area contributed by atoms with Gasteiger partial charge in [0, 0.05) is 19.8 Å². The third-order valence-corrected chi connectivity index (χ3v) is 6.14. The van der Waals surface area contributed by atoms with Gasteiger partial charge in [0.1, 0.15) is 36.6 Å². The summed E-state index contributed by atoms with van der Waals surface area (Å²) in [5, 5.41) is 0. The van der Waals surface area contributed by atoms with E-state index in [1.165, 1.54) is 0 Å². The smallest absolute Gasteiger partial charge is 0.372 e. The molecule has 216 valence electrons. The molecule has 0 saturated heterocycles. The Morgan fingerprint density at radius 1 is 0.472 bits per heavy atom. The number of phosphoric ester groups is 3. The Balaban J connectivity index is 3.78. The summed E-state index contributed by atoms with van der Waals surface area (Å²) in [6.45, 7) is 10.8. The van der Waals surface area contributed by atoms with Crippen molar-refractivity contribution in [1.82, 2.24) is 0 Å². The van der Waals surface area contributed by atoms with Crippen LogP contribution < -0.4 is 0 Å². The second-order valence-corrected chi connectivity index (χ2v) is 13.3. The first-order valence-corrected chi connectivity index (χ1v) is 15.9. The van der Waals surface area contributed by atoms with Gasteiger partial charge in [0.25, 0.3) is 0 Å². The van der Waals surface area contributed by atoms with Gasteiger partial charge in [-0.3, -0.25) is 13.6 Å². The highest BCUT2D eigenvalue weighted by atomic mass is 31.2. The lowest BCUT2D eigenvalue weighted by Crippen LogP contribution is -2.67. The van der Waals surface area contributed by atoms with E-state index in [1.807, 2.05) is 13.8 Å². The molecule has 4 atom stereocenters. The fourth-order valence-corrected chi connectivity index (χ4v) is 5.11. The lowest BCUT2D eigenvalue weighted by molar-refractivity contribution is -0.252. The summed E-state index contributed by atoms with van der Waals surface area (Å²) in [7, 11) is -16.2. The van der Waals surface area contributed by atoms with Crippen LogP contribution in [-0.2, 0) is 41.5 Å². The second-order valence-electron chi connectivity index (χ2n) is 9.76. The molecule has 18 heteroatoms. The Bertz CT molecular complexity index is 756. The number of hydrogen-bond acceptors (Lipinski definition) is 9. The van der Waals surface area contributed by atoms with Crippen LogP contribution in [0.15, 0.2) is 0 Å². The van der Waals surface area contributed by atoms with Crippen molar-refractivity contribution >= 4 is 23.5 Å². The number of hydrogen-bond donors (Lipinski definition) is 6. The zero-order valence-electron chi connectivity index (χ0n) is 21.0. The molecule has 0 heterocycles. The van der Waals surface area contributed by atoms with Crippen molar-refractivity contribution in [1.29, 1.82) is 0 Å². The van der Waals surface area contributed by atoms with Gasteiger partial charge in [-0.2, -0.15) is 0 Å². The molecular formula is C18H39O15P3. The molecule has 0 aromatic carbocycles. The fraction of sp³-hybridized carbons (Fsp3) is 1.00. The average molecular weight is 588 g/mol. The highest BCUT2D eigenvalue weighted by molar-refractivity contribution is 7.47. The summed E-state index contributed by atoms with van der Waals surface area (Å²) in [5.41, 5.74) is 0. The van der Waals surface area contributed by atoms with Crippen molar-refractivity contribution in [2.75, 3.05) is 19.8 Å². The maximum atomic E-state index is 11.9. The van der Waals surface area contributed by atoms with Gasteiger partial charge in [-0.1, -0.05) is 41.5 Å². The molecule has 6 N–H and O–H groups in total. The van der Waals surface area contributed by atoms with E-state index in [-0.39, 0.29) is 37.6 Å². The van der Waals surface area contributed by atoms with Crippen LogP contribution in [0, 0.1) is 17.8 Å². The van der Waals surface area contributed by atoms with Gasteiger partial charge in [0.2, 0.25) is 0 Å². The topological polar surface area (TPSA) is 228 Å². The number of phosphoric acid groups is 3. The summed E-state index contributed by atoms with van der Waals surface area (Å²) >= 11 is 0. The molecule has 1 rings (SSSR count). The summed E-state index contributed by atoms with van der Waals surface area (Å²) in [5.74, 6) is -0.272. The lowest BCUT2D eigenvalue weighted by atomic mass is 9.84. The van der Waals surface area contributed by atoms with Crippen LogP contribution in [0.4, 0.5) is 0 Å². The first kappa shape index (κ1) is 34.2. The van der Waals surface area contributed by atoms with E-state index in [0.717, 1.165) is 0 Å². The second kappa shape index (κ2) is 14.0. The molecular weight excluding hydrogens is 549 g/mol.